The van der Waals surface area contributed by atoms with Gasteiger partial charge in [0, 0.05) is 6.42 Å². The first-order valence-corrected chi connectivity index (χ1v) is 32.1. The van der Waals surface area contributed by atoms with Gasteiger partial charge in [0.25, 0.3) is 0 Å². The van der Waals surface area contributed by atoms with Gasteiger partial charge in [-0.2, -0.15) is 0 Å². The molecule has 464 valence electrons. The van der Waals surface area contributed by atoms with Crippen molar-refractivity contribution in [3.8, 4) is 0 Å². The maximum atomic E-state index is 13.4. The third kappa shape index (κ3) is 44.1. The molecule has 0 bridgehead atoms. The Hall–Kier alpha value is -4.46. The van der Waals surface area contributed by atoms with E-state index in [1.807, 2.05) is 6.08 Å². The van der Waals surface area contributed by atoms with Gasteiger partial charge in [0.1, 0.15) is 24.4 Å². The zero-order valence-corrected chi connectivity index (χ0v) is 51.3. The van der Waals surface area contributed by atoms with Gasteiger partial charge in [-0.3, -0.25) is 9.59 Å². The van der Waals surface area contributed by atoms with Crippen LogP contribution in [0.4, 0.5) is 0 Å². The van der Waals surface area contributed by atoms with Crippen LogP contribution in [0.3, 0.4) is 0 Å². The first-order chi connectivity index (χ1) is 40.2. The molecule has 0 aromatic heterocycles. The molecule has 0 aromatic rings. The quantitative estimate of drug-likeness (QED) is 0.0195. The number of aliphatic hydroxyl groups excluding tert-OH is 5. The van der Waals surface area contributed by atoms with Crippen molar-refractivity contribution in [1.29, 1.82) is 0 Å². The van der Waals surface area contributed by atoms with Crippen LogP contribution in [0.15, 0.2) is 146 Å². The van der Waals surface area contributed by atoms with E-state index in [0.29, 0.717) is 12.8 Å². The maximum Gasteiger partial charge on any atom is 0.306 e. The number of aliphatic hydroxyl groups is 5. The second kappa shape index (κ2) is 57.0. The maximum absolute atomic E-state index is 13.4. The lowest BCUT2D eigenvalue weighted by molar-refractivity contribution is -0.305. The summed E-state index contributed by atoms with van der Waals surface area (Å²) in [6.07, 6.45) is 71.6. The third-order valence-electron chi connectivity index (χ3n) is 14.0. The number of esters is 1. The van der Waals surface area contributed by atoms with E-state index >= 15 is 0 Å². The molecule has 0 radical (unpaired) electrons. The van der Waals surface area contributed by atoms with Crippen molar-refractivity contribution in [3.63, 3.8) is 0 Å². The lowest BCUT2D eigenvalue weighted by Crippen LogP contribution is -2.61. The second-order valence-electron chi connectivity index (χ2n) is 21.4. The molecule has 1 saturated heterocycles. The molecular formula is C71H115NO10. The molecule has 0 aliphatic carbocycles. The molecule has 0 spiro atoms. The fraction of sp³-hybridized carbons (Fsp3) is 0.634. The molecule has 1 heterocycles. The normalized spacial score (nSPS) is 19.6. The molecule has 0 saturated carbocycles. The minimum atomic E-state index is -1.64. The number of carbonyl (C=O) groups excluding carboxylic acids is 2. The van der Waals surface area contributed by atoms with Gasteiger partial charge in [-0.25, -0.2) is 0 Å². The summed E-state index contributed by atoms with van der Waals surface area (Å²) in [6.45, 7) is 5.51. The number of amides is 1. The third-order valence-corrected chi connectivity index (χ3v) is 14.0. The highest BCUT2D eigenvalue weighted by atomic mass is 16.7. The molecule has 11 heteroatoms. The highest BCUT2D eigenvalue weighted by Gasteiger charge is 2.47. The van der Waals surface area contributed by atoms with Crippen molar-refractivity contribution >= 4 is 11.9 Å². The summed E-state index contributed by atoms with van der Waals surface area (Å²) < 4.78 is 17.6. The van der Waals surface area contributed by atoms with E-state index < -0.39 is 67.4 Å². The van der Waals surface area contributed by atoms with Gasteiger partial charge in [-0.1, -0.05) is 244 Å². The minimum Gasteiger partial charge on any atom is -0.454 e. The molecule has 8 unspecified atom stereocenters. The number of ether oxygens (including phenoxy) is 3. The van der Waals surface area contributed by atoms with Crippen LogP contribution >= 0.6 is 0 Å². The summed E-state index contributed by atoms with van der Waals surface area (Å²) >= 11 is 0. The second-order valence-corrected chi connectivity index (χ2v) is 21.4. The largest absolute Gasteiger partial charge is 0.454 e. The molecule has 1 rings (SSSR count). The van der Waals surface area contributed by atoms with Gasteiger partial charge in [0.05, 0.1) is 25.4 Å². The van der Waals surface area contributed by atoms with Gasteiger partial charge < -0.3 is 45.1 Å². The summed E-state index contributed by atoms with van der Waals surface area (Å²) in [5, 5.41) is 57.0. The Balaban J connectivity index is 2.71. The van der Waals surface area contributed by atoms with Gasteiger partial charge in [-0.15, -0.1) is 0 Å². The molecule has 1 fully saturated rings. The molecular weight excluding hydrogens is 1030 g/mol. The van der Waals surface area contributed by atoms with Crippen molar-refractivity contribution in [1.82, 2.24) is 5.32 Å². The number of carbonyl (C=O) groups is 2. The Labute approximate surface area is 498 Å². The molecule has 1 aliphatic rings. The standard InChI is InChI=1S/C71H115NO10/c1-4-7-10-13-16-19-22-25-27-29-31-32-33-35-36-38-40-43-46-49-52-55-58-64(75)70(79)72-62(63(74)57-54-51-48-45-42-24-21-18-15-12-9-6-3)61-80-71-69(68(78)67(77)65(60-73)81-71)82-66(76)59-56-53-50-47-44-41-39-37-34-30-28-26-23-20-17-14-11-8-5-2/h7-8,10-11,16-17,19-20,25-28,31-32,34-37,40-41,43-44,54,57,62-65,67-69,71,73-75,77-78H,4-6,9,12-15,18,21-24,29-30,33,38-39,42,45-53,55-56,58-61H2,1-3H3,(H,72,79)/b10-7-,11-8-,19-16-,20-17-,27-25-,28-26-,32-31-,36-35-,37-34-,43-40-,44-41-,57-54+. The highest BCUT2D eigenvalue weighted by molar-refractivity contribution is 5.80. The average molecular weight is 1140 g/mol. The first kappa shape index (κ1) is 75.6. The number of hydrogen-bond donors (Lipinski definition) is 6. The predicted molar refractivity (Wildman–Crippen MR) is 342 cm³/mol. The summed E-state index contributed by atoms with van der Waals surface area (Å²) in [4.78, 5) is 26.6. The van der Waals surface area contributed by atoms with E-state index in [9.17, 15) is 35.1 Å². The summed E-state index contributed by atoms with van der Waals surface area (Å²) in [5.41, 5.74) is 0. The lowest BCUT2D eigenvalue weighted by atomic mass is 9.99. The van der Waals surface area contributed by atoms with Crippen molar-refractivity contribution in [2.75, 3.05) is 13.2 Å². The molecule has 11 nitrogen and oxygen atoms in total. The monoisotopic (exact) mass is 1140 g/mol. The zero-order chi connectivity index (χ0) is 59.6. The van der Waals surface area contributed by atoms with Gasteiger partial charge in [-0.05, 0) is 122 Å². The molecule has 82 heavy (non-hydrogen) atoms. The van der Waals surface area contributed by atoms with E-state index in [0.717, 1.165) is 135 Å². The van der Waals surface area contributed by atoms with Gasteiger partial charge >= 0.3 is 5.97 Å². The SMILES string of the molecule is CC/C=C\C/C=C\C/C=C\C/C=C\C/C=C\C/C=C\CCCCCC(O)C(=O)NC(COC1OC(CO)C(O)C(O)C1OC(=O)CCCCC/C=C\C/C=C\C/C=C\C/C=C\C/C=C\CC)C(O)/C=C/CCCCCCCCCCCC. The lowest BCUT2D eigenvalue weighted by Gasteiger charge is -2.41. The van der Waals surface area contributed by atoms with Crippen molar-refractivity contribution in [2.24, 2.45) is 0 Å². The highest BCUT2D eigenvalue weighted by Crippen LogP contribution is 2.26. The van der Waals surface area contributed by atoms with E-state index in [-0.39, 0.29) is 19.4 Å². The number of unbranched alkanes of at least 4 members (excludes halogenated alkanes) is 16. The molecule has 1 aliphatic heterocycles. The number of allylic oxidation sites excluding steroid dienone is 23. The fourth-order valence-corrected chi connectivity index (χ4v) is 8.97. The van der Waals surface area contributed by atoms with E-state index in [4.69, 9.17) is 14.2 Å². The van der Waals surface area contributed by atoms with Crippen LogP contribution in [-0.2, 0) is 23.8 Å². The molecule has 8 atom stereocenters. The Kier molecular flexibility index (Phi) is 52.5. The van der Waals surface area contributed by atoms with Gasteiger partial charge in [0.2, 0.25) is 5.91 Å². The van der Waals surface area contributed by atoms with Crippen LogP contribution in [-0.4, -0.2) is 99.6 Å². The Morgan fingerprint density at radius 1 is 0.488 bits per heavy atom. The fourth-order valence-electron chi connectivity index (χ4n) is 8.97. The van der Waals surface area contributed by atoms with Crippen molar-refractivity contribution in [3.05, 3.63) is 146 Å². The average Bonchev–Trinajstić information content (AvgIpc) is 3.68. The summed E-state index contributed by atoms with van der Waals surface area (Å²) in [5.74, 6) is -1.27. The van der Waals surface area contributed by atoms with Crippen LogP contribution < -0.4 is 5.32 Å². The Morgan fingerprint density at radius 3 is 1.32 bits per heavy atom. The van der Waals surface area contributed by atoms with Crippen LogP contribution in [0.5, 0.6) is 0 Å². The van der Waals surface area contributed by atoms with Crippen molar-refractivity contribution < 1.29 is 49.3 Å². The van der Waals surface area contributed by atoms with E-state index in [2.05, 4.69) is 160 Å². The van der Waals surface area contributed by atoms with Crippen LogP contribution in [0.1, 0.15) is 226 Å². The number of hydrogen-bond acceptors (Lipinski definition) is 10. The zero-order valence-electron chi connectivity index (χ0n) is 51.3. The Morgan fingerprint density at radius 2 is 0.878 bits per heavy atom. The van der Waals surface area contributed by atoms with E-state index in [1.54, 1.807) is 6.08 Å². The predicted octanol–water partition coefficient (Wildman–Crippen LogP) is 15.8. The minimum absolute atomic E-state index is 0.0722. The van der Waals surface area contributed by atoms with Crippen LogP contribution in [0, 0.1) is 0 Å². The van der Waals surface area contributed by atoms with Crippen LogP contribution in [0.2, 0.25) is 0 Å². The smallest absolute Gasteiger partial charge is 0.306 e. The topological polar surface area (TPSA) is 175 Å². The first-order valence-electron chi connectivity index (χ1n) is 32.1. The Bertz CT molecular complexity index is 1890. The van der Waals surface area contributed by atoms with Crippen LogP contribution in [0.25, 0.3) is 0 Å². The number of rotatable bonds is 52. The van der Waals surface area contributed by atoms with Crippen molar-refractivity contribution in [2.45, 2.75) is 275 Å². The summed E-state index contributed by atoms with van der Waals surface area (Å²) in [7, 11) is 0. The number of nitrogens with one attached hydrogen (secondary N) is 1. The van der Waals surface area contributed by atoms with Gasteiger partial charge in [0.15, 0.2) is 12.4 Å². The molecule has 0 aromatic carbocycles. The molecule has 6 N–H and O–H groups in total. The molecule has 1 amide bonds. The van der Waals surface area contributed by atoms with E-state index in [1.165, 1.54) is 44.9 Å². The summed E-state index contributed by atoms with van der Waals surface area (Å²) in [6, 6.07) is -1.06.